The molecule has 3 rings (SSSR count). The van der Waals surface area contributed by atoms with Crippen molar-refractivity contribution >= 4 is 11.5 Å². The van der Waals surface area contributed by atoms with Crippen LogP contribution in [0, 0.1) is 5.92 Å². The predicted octanol–water partition coefficient (Wildman–Crippen LogP) is 2.74. The van der Waals surface area contributed by atoms with Gasteiger partial charge < -0.3 is 5.32 Å². The van der Waals surface area contributed by atoms with E-state index in [0.29, 0.717) is 12.0 Å². The maximum atomic E-state index is 4.70. The summed E-state index contributed by atoms with van der Waals surface area (Å²) in [6.07, 6.45) is 7.71. The number of hydrogen-bond acceptors (Lipinski definition) is 4. The van der Waals surface area contributed by atoms with E-state index in [1.165, 1.54) is 37.1 Å². The van der Waals surface area contributed by atoms with E-state index < -0.39 is 0 Å². The molecule has 0 aromatic carbocycles. The molecule has 0 radical (unpaired) electrons. The maximum Gasteiger partial charge on any atom is 0.145 e. The van der Waals surface area contributed by atoms with Gasteiger partial charge in [-0.3, -0.25) is 0 Å². The van der Waals surface area contributed by atoms with Gasteiger partial charge in [0.25, 0.3) is 0 Å². The summed E-state index contributed by atoms with van der Waals surface area (Å²) in [4.78, 5) is 4.70. The average molecular weight is 251 g/mol. The Bertz CT molecular complexity index is 368. The third-order valence-electron chi connectivity index (χ3n) is 3.67. The van der Waals surface area contributed by atoms with Crippen LogP contribution in [-0.2, 0) is 6.42 Å². The van der Waals surface area contributed by atoms with E-state index in [4.69, 9.17) is 4.98 Å². The fourth-order valence-corrected chi connectivity index (χ4v) is 3.06. The first kappa shape index (κ1) is 11.6. The summed E-state index contributed by atoms with van der Waals surface area (Å²) < 4.78 is 4.49. The van der Waals surface area contributed by atoms with Crippen LogP contribution >= 0.6 is 11.5 Å². The highest BCUT2D eigenvalue weighted by Gasteiger charge is 2.32. The Morgan fingerprint density at radius 2 is 2.18 bits per heavy atom. The van der Waals surface area contributed by atoms with Crippen LogP contribution < -0.4 is 5.32 Å². The Morgan fingerprint density at radius 1 is 1.35 bits per heavy atom. The molecule has 1 heterocycles. The van der Waals surface area contributed by atoms with E-state index in [9.17, 15) is 0 Å². The highest BCUT2D eigenvalue weighted by atomic mass is 32.1. The Hall–Kier alpha value is -0.480. The summed E-state index contributed by atoms with van der Waals surface area (Å²) in [5.74, 6) is 2.72. The first-order chi connectivity index (χ1) is 8.36. The van der Waals surface area contributed by atoms with Crippen LogP contribution in [0.4, 0.5) is 0 Å². The molecule has 1 unspecified atom stereocenters. The number of aromatic nitrogens is 2. The molecule has 0 spiro atoms. The van der Waals surface area contributed by atoms with E-state index in [-0.39, 0.29) is 0 Å². The zero-order valence-corrected chi connectivity index (χ0v) is 11.3. The van der Waals surface area contributed by atoms with Gasteiger partial charge in [-0.05, 0) is 56.1 Å². The van der Waals surface area contributed by atoms with E-state index >= 15 is 0 Å². The van der Waals surface area contributed by atoms with Crippen molar-refractivity contribution < 1.29 is 0 Å². The topological polar surface area (TPSA) is 37.8 Å². The Labute approximate surface area is 107 Å². The molecule has 4 heteroatoms. The van der Waals surface area contributed by atoms with Crippen molar-refractivity contribution in [1.29, 1.82) is 0 Å². The summed E-state index contributed by atoms with van der Waals surface area (Å²) in [7, 11) is 0. The molecule has 1 aromatic rings. The van der Waals surface area contributed by atoms with Crippen LogP contribution in [0.1, 0.15) is 55.8 Å². The molecule has 2 aliphatic carbocycles. The van der Waals surface area contributed by atoms with Crippen molar-refractivity contribution in [2.45, 2.75) is 57.4 Å². The fraction of sp³-hybridized carbons (Fsp3) is 0.846. The fourth-order valence-electron chi connectivity index (χ4n) is 2.28. The van der Waals surface area contributed by atoms with E-state index in [2.05, 4.69) is 16.6 Å². The molecular formula is C13H21N3S. The normalized spacial score (nSPS) is 21.7. The number of nitrogens with one attached hydrogen (secondary N) is 1. The zero-order chi connectivity index (χ0) is 11.7. The second kappa shape index (κ2) is 5.02. The highest BCUT2D eigenvalue weighted by molar-refractivity contribution is 7.05. The quantitative estimate of drug-likeness (QED) is 0.809. The van der Waals surface area contributed by atoms with Crippen molar-refractivity contribution in [3.8, 4) is 0 Å². The van der Waals surface area contributed by atoms with Gasteiger partial charge in [0, 0.05) is 18.4 Å². The third kappa shape index (κ3) is 3.05. The highest BCUT2D eigenvalue weighted by Crippen LogP contribution is 2.39. The molecule has 2 saturated carbocycles. The largest absolute Gasteiger partial charge is 0.313 e. The predicted molar refractivity (Wildman–Crippen MR) is 70.4 cm³/mol. The van der Waals surface area contributed by atoms with E-state index in [1.54, 1.807) is 11.5 Å². The van der Waals surface area contributed by atoms with Crippen LogP contribution in [0.3, 0.4) is 0 Å². The second-order valence-corrected chi connectivity index (χ2v) is 6.26. The molecule has 17 heavy (non-hydrogen) atoms. The molecule has 0 bridgehead atoms. The van der Waals surface area contributed by atoms with Crippen LogP contribution in [0.2, 0.25) is 0 Å². The number of rotatable bonds is 7. The van der Waals surface area contributed by atoms with Gasteiger partial charge in [0.15, 0.2) is 0 Å². The van der Waals surface area contributed by atoms with Gasteiger partial charge in [0.2, 0.25) is 0 Å². The van der Waals surface area contributed by atoms with Crippen LogP contribution in [0.5, 0.6) is 0 Å². The lowest BCUT2D eigenvalue weighted by atomic mass is 10.1. The van der Waals surface area contributed by atoms with Gasteiger partial charge >= 0.3 is 0 Å². The third-order valence-corrected chi connectivity index (χ3v) is 4.42. The molecule has 2 fully saturated rings. The summed E-state index contributed by atoms with van der Waals surface area (Å²) in [6.45, 7) is 3.36. The van der Waals surface area contributed by atoms with Crippen molar-refractivity contribution in [2.24, 2.45) is 5.92 Å². The van der Waals surface area contributed by atoms with Crippen molar-refractivity contribution in [1.82, 2.24) is 14.7 Å². The minimum Gasteiger partial charge on any atom is -0.313 e. The molecule has 3 nitrogen and oxygen atoms in total. The van der Waals surface area contributed by atoms with Gasteiger partial charge in [-0.1, -0.05) is 6.92 Å². The van der Waals surface area contributed by atoms with Gasteiger partial charge in [-0.2, -0.15) is 4.37 Å². The molecule has 1 aromatic heterocycles. The van der Waals surface area contributed by atoms with Gasteiger partial charge in [0.1, 0.15) is 10.8 Å². The van der Waals surface area contributed by atoms with Gasteiger partial charge in [-0.15, -0.1) is 0 Å². The lowest BCUT2D eigenvalue weighted by Gasteiger charge is -2.15. The molecule has 1 atom stereocenters. The van der Waals surface area contributed by atoms with Crippen molar-refractivity contribution in [3.05, 3.63) is 10.8 Å². The van der Waals surface area contributed by atoms with Crippen LogP contribution in [-0.4, -0.2) is 21.9 Å². The molecule has 94 valence electrons. The Balaban J connectivity index is 1.57. The molecule has 0 amide bonds. The molecular weight excluding hydrogens is 230 g/mol. The minimum absolute atomic E-state index is 0.648. The summed E-state index contributed by atoms with van der Waals surface area (Å²) >= 11 is 1.62. The van der Waals surface area contributed by atoms with Gasteiger partial charge in [0.05, 0.1) is 0 Å². The second-order valence-electron chi connectivity index (χ2n) is 5.42. The first-order valence-electron chi connectivity index (χ1n) is 6.92. The van der Waals surface area contributed by atoms with Crippen molar-refractivity contribution in [3.63, 3.8) is 0 Å². The SMILES string of the molecule is CCCNC(Cc1nc(C2CC2)ns1)C1CC1. The smallest absolute Gasteiger partial charge is 0.145 e. The minimum atomic E-state index is 0.648. The average Bonchev–Trinajstić information content (AvgIpc) is 3.23. The Morgan fingerprint density at radius 3 is 2.82 bits per heavy atom. The number of hydrogen-bond donors (Lipinski definition) is 1. The molecule has 1 N–H and O–H groups in total. The van der Waals surface area contributed by atoms with E-state index in [1.807, 2.05) is 0 Å². The summed E-state index contributed by atoms with van der Waals surface area (Å²) in [6, 6.07) is 0.648. The maximum absolute atomic E-state index is 4.70. The lowest BCUT2D eigenvalue weighted by molar-refractivity contribution is 0.459. The number of nitrogens with zero attached hydrogens (tertiary/aromatic N) is 2. The zero-order valence-electron chi connectivity index (χ0n) is 10.5. The molecule has 0 aliphatic heterocycles. The molecule has 2 aliphatic rings. The van der Waals surface area contributed by atoms with Gasteiger partial charge in [-0.25, -0.2) is 4.98 Å². The monoisotopic (exact) mass is 251 g/mol. The lowest BCUT2D eigenvalue weighted by Crippen LogP contribution is -2.33. The summed E-state index contributed by atoms with van der Waals surface area (Å²) in [5.41, 5.74) is 0. The van der Waals surface area contributed by atoms with Crippen LogP contribution in [0.15, 0.2) is 0 Å². The van der Waals surface area contributed by atoms with Crippen molar-refractivity contribution in [2.75, 3.05) is 6.54 Å². The molecule has 0 saturated heterocycles. The Kier molecular flexibility index (Phi) is 3.43. The summed E-state index contributed by atoms with van der Waals surface area (Å²) in [5, 5.41) is 4.92. The van der Waals surface area contributed by atoms with Crippen LogP contribution in [0.25, 0.3) is 0 Å². The van der Waals surface area contributed by atoms with E-state index in [0.717, 1.165) is 24.7 Å². The first-order valence-corrected chi connectivity index (χ1v) is 7.70. The standard InChI is InChI=1S/C13H21N3S/c1-2-7-14-11(9-3-4-9)8-12-15-13(16-17-12)10-5-6-10/h9-11,14H,2-8H2,1H3.